The molecule has 5 heterocycles. The van der Waals surface area contributed by atoms with Crippen molar-refractivity contribution in [1.82, 2.24) is 29.8 Å². The Morgan fingerprint density at radius 1 is 1.39 bits per heavy atom. The Hall–Kier alpha value is -4.32. The van der Waals surface area contributed by atoms with E-state index in [-0.39, 0.29) is 35.6 Å². The number of aryl methyl sites for hydroxylation is 1. The number of rotatable bonds is 10. The molecule has 4 aromatic heterocycles. The van der Waals surface area contributed by atoms with Gasteiger partial charge < -0.3 is 24.8 Å². The summed E-state index contributed by atoms with van der Waals surface area (Å²) in [7, 11) is 3.75. The highest BCUT2D eigenvalue weighted by atomic mass is 32.1. The first-order valence-electron chi connectivity index (χ1n) is 15.5. The van der Waals surface area contributed by atoms with Crippen molar-refractivity contribution in [2.24, 2.45) is 0 Å². The highest BCUT2D eigenvalue weighted by Gasteiger charge is 2.44. The Morgan fingerprint density at radius 2 is 2.20 bits per heavy atom. The Kier molecular flexibility index (Phi) is 8.58. The number of aromatic carboxylic acids is 1. The average Bonchev–Trinajstić information content (AvgIpc) is 3.82. The van der Waals surface area contributed by atoms with Crippen LogP contribution < -0.4 is 10.5 Å². The number of thiophene rings is 1. The zero-order chi connectivity index (χ0) is 32.7. The molecule has 3 N–H and O–H groups in total. The fourth-order valence-corrected chi connectivity index (χ4v) is 8.29. The summed E-state index contributed by atoms with van der Waals surface area (Å²) >= 11 is 1.47. The first-order valence-corrected chi connectivity index (χ1v) is 16.3. The first kappa shape index (κ1) is 31.7. The predicted molar refractivity (Wildman–Crippen MR) is 170 cm³/mol. The summed E-state index contributed by atoms with van der Waals surface area (Å²) in [5, 5.41) is 28.8. The second-order valence-electron chi connectivity index (χ2n) is 12.2. The normalized spacial score (nSPS) is 22.0. The van der Waals surface area contributed by atoms with Gasteiger partial charge in [0.25, 0.3) is 0 Å². The second-order valence-corrected chi connectivity index (χ2v) is 13.4. The third kappa shape index (κ3) is 5.42. The predicted octanol–water partition coefficient (Wildman–Crippen LogP) is 4.61. The minimum absolute atomic E-state index is 0.00249. The minimum atomic E-state index is -1.15. The Balaban J connectivity index is 1.47. The van der Waals surface area contributed by atoms with E-state index < -0.39 is 11.4 Å². The SMILES string of the molecule is CCCc1c(-c2nc(O[C@@H](C)[C@@H]3[C@@H](OC)CCN3C)cc(-n3ccc(C(=O)O)n3)n2)noc1[C@@]1(C)CCCc2sc(N)c(C#N)c21. The number of anilines is 1. The van der Waals surface area contributed by atoms with Crippen LogP contribution in [0, 0.1) is 11.3 Å². The Morgan fingerprint density at radius 3 is 2.89 bits per heavy atom. The number of ether oxygens (including phenoxy) is 2. The molecule has 46 heavy (non-hydrogen) atoms. The van der Waals surface area contributed by atoms with Crippen molar-refractivity contribution in [2.45, 2.75) is 83.0 Å². The van der Waals surface area contributed by atoms with Crippen LogP contribution in [0.4, 0.5) is 5.00 Å². The molecule has 0 unspecified atom stereocenters. The molecule has 4 aromatic rings. The molecule has 6 rings (SSSR count). The Labute approximate surface area is 270 Å². The summed E-state index contributed by atoms with van der Waals surface area (Å²) in [6, 6.07) is 5.37. The molecule has 14 heteroatoms. The molecule has 4 atom stereocenters. The molecular weight excluding hydrogens is 608 g/mol. The fourth-order valence-electron chi connectivity index (χ4n) is 7.10. The number of nitrogens with two attached hydrogens (primary N) is 1. The lowest BCUT2D eigenvalue weighted by Crippen LogP contribution is -2.44. The highest BCUT2D eigenvalue weighted by Crippen LogP contribution is 2.50. The maximum absolute atomic E-state index is 11.6. The fraction of sp³-hybridized carbons (Fsp3) is 0.500. The van der Waals surface area contributed by atoms with Gasteiger partial charge in [-0.3, -0.25) is 4.90 Å². The van der Waals surface area contributed by atoms with Crippen LogP contribution in [0.25, 0.3) is 17.3 Å². The lowest BCUT2D eigenvalue weighted by molar-refractivity contribution is 0.0174. The smallest absolute Gasteiger partial charge is 0.356 e. The summed E-state index contributed by atoms with van der Waals surface area (Å²) in [5.74, 6) is 0.389. The van der Waals surface area contributed by atoms with Crippen LogP contribution in [-0.4, -0.2) is 79.8 Å². The van der Waals surface area contributed by atoms with Gasteiger partial charge in [-0.15, -0.1) is 11.3 Å². The molecule has 0 radical (unpaired) electrons. The van der Waals surface area contributed by atoms with Crippen LogP contribution in [0.3, 0.4) is 0 Å². The van der Waals surface area contributed by atoms with Crippen molar-refractivity contribution < 1.29 is 23.9 Å². The molecule has 1 aliphatic carbocycles. The van der Waals surface area contributed by atoms with Gasteiger partial charge in [-0.2, -0.15) is 15.3 Å². The van der Waals surface area contributed by atoms with Gasteiger partial charge >= 0.3 is 5.97 Å². The van der Waals surface area contributed by atoms with Crippen molar-refractivity contribution in [1.29, 1.82) is 5.26 Å². The molecule has 0 spiro atoms. The summed E-state index contributed by atoms with van der Waals surface area (Å²) < 4.78 is 19.8. The van der Waals surface area contributed by atoms with Crippen LogP contribution in [0.15, 0.2) is 22.9 Å². The second kappa shape index (κ2) is 12.5. The number of likely N-dealkylation sites (tertiary alicyclic amines) is 1. The molecule has 2 aliphatic rings. The first-order chi connectivity index (χ1) is 22.1. The topological polar surface area (TPSA) is 178 Å². The number of carboxylic acids is 1. The Bertz CT molecular complexity index is 1810. The van der Waals surface area contributed by atoms with E-state index in [0.717, 1.165) is 54.7 Å². The van der Waals surface area contributed by atoms with E-state index in [0.29, 0.717) is 34.3 Å². The van der Waals surface area contributed by atoms with Crippen LogP contribution in [0.1, 0.15) is 84.3 Å². The minimum Gasteiger partial charge on any atom is -0.476 e. The molecule has 1 aliphatic heterocycles. The van der Waals surface area contributed by atoms with Crippen molar-refractivity contribution >= 4 is 22.3 Å². The van der Waals surface area contributed by atoms with E-state index in [4.69, 9.17) is 29.7 Å². The van der Waals surface area contributed by atoms with Gasteiger partial charge in [-0.25, -0.2) is 14.5 Å². The van der Waals surface area contributed by atoms with E-state index in [1.54, 1.807) is 13.2 Å². The van der Waals surface area contributed by atoms with Crippen LogP contribution >= 0.6 is 11.3 Å². The maximum Gasteiger partial charge on any atom is 0.356 e. The number of fused-ring (bicyclic) bond motifs is 1. The summed E-state index contributed by atoms with van der Waals surface area (Å²) in [4.78, 5) is 24.5. The van der Waals surface area contributed by atoms with Crippen LogP contribution in [0.2, 0.25) is 0 Å². The van der Waals surface area contributed by atoms with Gasteiger partial charge in [-0.1, -0.05) is 18.5 Å². The monoisotopic (exact) mass is 646 g/mol. The van der Waals surface area contributed by atoms with Crippen LogP contribution in [-0.2, 0) is 23.0 Å². The summed E-state index contributed by atoms with van der Waals surface area (Å²) in [6.07, 6.45) is 6.11. The molecule has 13 nitrogen and oxygen atoms in total. The van der Waals surface area contributed by atoms with Gasteiger partial charge in [0, 0.05) is 36.4 Å². The molecule has 0 saturated carbocycles. The van der Waals surface area contributed by atoms with Crippen molar-refractivity contribution in [3.63, 3.8) is 0 Å². The molecule has 1 saturated heterocycles. The van der Waals surface area contributed by atoms with Gasteiger partial charge in [0.15, 0.2) is 28.8 Å². The van der Waals surface area contributed by atoms with Crippen molar-refractivity contribution in [2.75, 3.05) is 26.4 Å². The lowest BCUT2D eigenvalue weighted by atomic mass is 9.69. The average molecular weight is 647 g/mol. The third-order valence-electron chi connectivity index (χ3n) is 9.23. The number of nitrogen functional groups attached to an aromatic ring is 1. The van der Waals surface area contributed by atoms with Gasteiger partial charge in [-0.05, 0) is 64.6 Å². The molecule has 0 bridgehead atoms. The molecule has 0 aromatic carbocycles. The number of nitriles is 1. The van der Waals surface area contributed by atoms with E-state index in [9.17, 15) is 15.2 Å². The van der Waals surface area contributed by atoms with Gasteiger partial charge in [0.05, 0.1) is 23.1 Å². The highest BCUT2D eigenvalue weighted by molar-refractivity contribution is 7.16. The number of carboxylic acid groups (broad SMARTS) is 1. The number of aromatic nitrogens is 5. The van der Waals surface area contributed by atoms with Crippen molar-refractivity contribution in [3.05, 3.63) is 51.4 Å². The molecule has 1 fully saturated rings. The molecule has 0 amide bonds. The van der Waals surface area contributed by atoms with E-state index in [2.05, 4.69) is 35.1 Å². The standard InChI is InChI=1S/C32H38N8O5S/c1-6-8-18-26(38-45-28(18)32(3)12-7-9-22-25(32)19(16-33)29(34)46-22)30-35-23(40-14-10-20(37-40)31(41)42)15-24(36-30)44-17(2)27-21(43-5)11-13-39(27)4/h10,14-15,17,21,27H,6-9,11-13,34H2,1-5H3,(H,41,42)/t17-,21-,27+,32-/m0/s1. The van der Waals surface area contributed by atoms with Crippen molar-refractivity contribution in [3.8, 4) is 29.3 Å². The molecule has 242 valence electrons. The quantitative estimate of drug-likeness (QED) is 0.245. The zero-order valence-electron chi connectivity index (χ0n) is 26.6. The number of carbonyl (C=O) groups is 1. The molecular formula is C32H38N8O5S. The largest absolute Gasteiger partial charge is 0.476 e. The number of methoxy groups -OCH3 is 1. The summed E-state index contributed by atoms with van der Waals surface area (Å²) in [6.45, 7) is 7.03. The van der Waals surface area contributed by atoms with E-state index >= 15 is 0 Å². The maximum atomic E-state index is 11.6. The number of hydrogen-bond donors (Lipinski definition) is 2. The van der Waals surface area contributed by atoms with Gasteiger partial charge in [0.2, 0.25) is 5.88 Å². The van der Waals surface area contributed by atoms with E-state index in [1.807, 2.05) is 14.0 Å². The number of hydrogen-bond acceptors (Lipinski definition) is 12. The zero-order valence-corrected chi connectivity index (χ0v) is 27.4. The number of likely N-dealkylation sites (N-methyl/N-ethyl adjacent to an activating group) is 1. The third-order valence-corrected chi connectivity index (χ3v) is 10.3. The summed E-state index contributed by atoms with van der Waals surface area (Å²) in [5.41, 5.74) is 8.31. The van der Waals surface area contributed by atoms with Crippen LogP contribution in [0.5, 0.6) is 5.88 Å². The van der Waals surface area contributed by atoms with E-state index in [1.165, 1.54) is 28.3 Å². The lowest BCUT2D eigenvalue weighted by Gasteiger charge is -2.33. The van der Waals surface area contributed by atoms with Gasteiger partial charge in [0.1, 0.15) is 17.2 Å². The number of nitrogens with zero attached hydrogens (tertiary/aromatic N) is 7.